The Morgan fingerprint density at radius 2 is 2.22 bits per heavy atom. The molecule has 0 amide bonds. The van der Waals surface area contributed by atoms with Gasteiger partial charge in [-0.05, 0) is 50.3 Å². The van der Waals surface area contributed by atoms with Crippen LogP contribution in [0.15, 0.2) is 30.9 Å². The predicted molar refractivity (Wildman–Crippen MR) is 81.3 cm³/mol. The lowest BCUT2D eigenvalue weighted by Crippen LogP contribution is -2.22. The molecule has 0 heterocycles. The SMILES string of the molecule is C=CCCCC(NCCC)c1cccc(C)c1Cl. The molecule has 0 radical (unpaired) electrons. The third-order valence-corrected chi connectivity index (χ3v) is 3.66. The van der Waals surface area contributed by atoms with Gasteiger partial charge in [0.05, 0.1) is 0 Å². The van der Waals surface area contributed by atoms with Crippen molar-refractivity contribution in [2.24, 2.45) is 0 Å². The number of unbranched alkanes of at least 4 members (excludes halogenated alkanes) is 1. The first-order valence-corrected chi connectivity index (χ1v) is 7.17. The molecule has 0 aliphatic carbocycles. The number of hydrogen-bond donors (Lipinski definition) is 1. The molecule has 0 aliphatic heterocycles. The summed E-state index contributed by atoms with van der Waals surface area (Å²) in [5, 5.41) is 4.50. The minimum Gasteiger partial charge on any atom is -0.310 e. The van der Waals surface area contributed by atoms with Crippen molar-refractivity contribution in [3.63, 3.8) is 0 Å². The smallest absolute Gasteiger partial charge is 0.0482 e. The maximum Gasteiger partial charge on any atom is 0.0482 e. The third-order valence-electron chi connectivity index (χ3n) is 3.14. The van der Waals surface area contributed by atoms with Crippen molar-refractivity contribution >= 4 is 11.6 Å². The van der Waals surface area contributed by atoms with Crippen molar-refractivity contribution < 1.29 is 0 Å². The first-order valence-electron chi connectivity index (χ1n) is 6.80. The Morgan fingerprint density at radius 1 is 1.44 bits per heavy atom. The summed E-state index contributed by atoms with van der Waals surface area (Å²) in [6.45, 7) is 9.06. The predicted octanol–water partition coefficient (Wildman–Crippen LogP) is 5.05. The standard InChI is InChI=1S/C16H24ClN/c1-4-6-7-11-15(18-12-5-2)14-10-8-9-13(3)16(14)17/h4,8-10,15,18H,1,5-7,11-12H2,2-3H3. The molecule has 0 spiro atoms. The molecule has 0 aliphatic rings. The van der Waals surface area contributed by atoms with Gasteiger partial charge in [0, 0.05) is 11.1 Å². The Hall–Kier alpha value is -0.790. The van der Waals surface area contributed by atoms with Crippen molar-refractivity contribution in [1.29, 1.82) is 0 Å². The van der Waals surface area contributed by atoms with E-state index in [2.05, 4.69) is 43.9 Å². The highest BCUT2D eigenvalue weighted by molar-refractivity contribution is 6.32. The molecule has 2 heteroatoms. The molecule has 1 N–H and O–H groups in total. The van der Waals surface area contributed by atoms with Gasteiger partial charge in [0.1, 0.15) is 0 Å². The lowest BCUT2D eigenvalue weighted by molar-refractivity contribution is 0.486. The van der Waals surface area contributed by atoms with E-state index in [9.17, 15) is 0 Å². The van der Waals surface area contributed by atoms with Crippen LogP contribution in [0.2, 0.25) is 5.02 Å². The summed E-state index contributed by atoms with van der Waals surface area (Å²) < 4.78 is 0. The lowest BCUT2D eigenvalue weighted by Gasteiger charge is -2.20. The topological polar surface area (TPSA) is 12.0 Å². The number of rotatable bonds is 8. The zero-order valence-electron chi connectivity index (χ0n) is 11.5. The molecule has 0 saturated heterocycles. The molecule has 0 aromatic heterocycles. The van der Waals surface area contributed by atoms with Gasteiger partial charge in [-0.25, -0.2) is 0 Å². The molecule has 1 atom stereocenters. The zero-order chi connectivity index (χ0) is 13.4. The van der Waals surface area contributed by atoms with Crippen LogP contribution in [0.3, 0.4) is 0 Å². The molecule has 18 heavy (non-hydrogen) atoms. The van der Waals surface area contributed by atoms with Crippen molar-refractivity contribution in [3.05, 3.63) is 47.0 Å². The van der Waals surface area contributed by atoms with Crippen molar-refractivity contribution in [3.8, 4) is 0 Å². The van der Waals surface area contributed by atoms with Gasteiger partial charge in [-0.2, -0.15) is 0 Å². The summed E-state index contributed by atoms with van der Waals surface area (Å²) >= 11 is 6.42. The molecule has 100 valence electrons. The fraction of sp³-hybridized carbons (Fsp3) is 0.500. The zero-order valence-corrected chi connectivity index (χ0v) is 12.3. The number of halogens is 1. The molecule has 1 unspecified atom stereocenters. The second kappa shape index (κ2) is 8.34. The molecular weight excluding hydrogens is 242 g/mol. The van der Waals surface area contributed by atoms with Crippen LogP contribution in [0.4, 0.5) is 0 Å². The van der Waals surface area contributed by atoms with E-state index in [0.717, 1.165) is 42.8 Å². The van der Waals surface area contributed by atoms with E-state index in [0.29, 0.717) is 6.04 Å². The van der Waals surface area contributed by atoms with Gasteiger partial charge in [-0.15, -0.1) is 6.58 Å². The monoisotopic (exact) mass is 265 g/mol. The number of benzene rings is 1. The average Bonchev–Trinajstić information content (AvgIpc) is 2.37. The van der Waals surface area contributed by atoms with Gasteiger partial charge in [-0.3, -0.25) is 0 Å². The van der Waals surface area contributed by atoms with Gasteiger partial charge in [0.2, 0.25) is 0 Å². The van der Waals surface area contributed by atoms with Crippen LogP contribution in [0.25, 0.3) is 0 Å². The molecular formula is C16H24ClN. The molecule has 1 nitrogen and oxygen atoms in total. The van der Waals surface area contributed by atoms with Crippen molar-refractivity contribution in [1.82, 2.24) is 5.32 Å². The molecule has 0 bridgehead atoms. The first-order chi connectivity index (χ1) is 8.70. The van der Waals surface area contributed by atoms with E-state index < -0.39 is 0 Å². The van der Waals surface area contributed by atoms with E-state index in [1.807, 2.05) is 6.08 Å². The second-order valence-corrected chi connectivity index (χ2v) is 5.08. The fourth-order valence-corrected chi connectivity index (χ4v) is 2.35. The van der Waals surface area contributed by atoms with Gasteiger partial charge >= 0.3 is 0 Å². The summed E-state index contributed by atoms with van der Waals surface area (Å²) in [7, 11) is 0. The van der Waals surface area contributed by atoms with Gasteiger partial charge in [0.15, 0.2) is 0 Å². The van der Waals surface area contributed by atoms with Gasteiger partial charge in [-0.1, -0.05) is 42.8 Å². The highest BCUT2D eigenvalue weighted by atomic mass is 35.5. The summed E-state index contributed by atoms with van der Waals surface area (Å²) in [4.78, 5) is 0. The van der Waals surface area contributed by atoms with Crippen molar-refractivity contribution in [2.45, 2.75) is 45.6 Å². The Bertz CT molecular complexity index is 373. The van der Waals surface area contributed by atoms with E-state index >= 15 is 0 Å². The van der Waals surface area contributed by atoms with Crippen LogP contribution in [0.5, 0.6) is 0 Å². The minimum absolute atomic E-state index is 0.359. The fourth-order valence-electron chi connectivity index (χ4n) is 2.09. The van der Waals surface area contributed by atoms with Gasteiger partial charge < -0.3 is 5.32 Å². The summed E-state index contributed by atoms with van der Waals surface area (Å²) in [5.41, 5.74) is 2.38. The lowest BCUT2D eigenvalue weighted by atomic mass is 9.99. The number of hydrogen-bond acceptors (Lipinski definition) is 1. The Balaban J connectivity index is 2.79. The molecule has 1 aromatic rings. The summed E-state index contributed by atoms with van der Waals surface area (Å²) in [6, 6.07) is 6.64. The molecule has 0 saturated carbocycles. The van der Waals surface area contributed by atoms with E-state index in [4.69, 9.17) is 11.6 Å². The van der Waals surface area contributed by atoms with E-state index in [-0.39, 0.29) is 0 Å². The average molecular weight is 266 g/mol. The van der Waals surface area contributed by atoms with E-state index in [1.165, 1.54) is 5.56 Å². The van der Waals surface area contributed by atoms with Crippen LogP contribution in [-0.4, -0.2) is 6.54 Å². The summed E-state index contributed by atoms with van der Waals surface area (Å²) in [6.07, 6.45) is 6.44. The molecule has 0 fully saturated rings. The van der Waals surface area contributed by atoms with Crippen LogP contribution >= 0.6 is 11.6 Å². The number of aryl methyl sites for hydroxylation is 1. The molecule has 1 aromatic carbocycles. The third kappa shape index (κ3) is 4.47. The van der Waals surface area contributed by atoms with Gasteiger partial charge in [0.25, 0.3) is 0 Å². The maximum absolute atomic E-state index is 6.42. The largest absolute Gasteiger partial charge is 0.310 e. The highest BCUT2D eigenvalue weighted by Gasteiger charge is 2.14. The second-order valence-electron chi connectivity index (χ2n) is 4.70. The van der Waals surface area contributed by atoms with Crippen LogP contribution in [-0.2, 0) is 0 Å². The maximum atomic E-state index is 6.42. The normalized spacial score (nSPS) is 12.4. The molecule has 1 rings (SSSR count). The van der Waals surface area contributed by atoms with Crippen LogP contribution in [0.1, 0.15) is 49.8 Å². The highest BCUT2D eigenvalue weighted by Crippen LogP contribution is 2.29. The van der Waals surface area contributed by atoms with E-state index in [1.54, 1.807) is 0 Å². The quantitative estimate of drug-likeness (QED) is 0.513. The Morgan fingerprint density at radius 3 is 2.89 bits per heavy atom. The van der Waals surface area contributed by atoms with Crippen LogP contribution < -0.4 is 5.32 Å². The Kier molecular flexibility index (Phi) is 7.07. The first kappa shape index (κ1) is 15.3. The van der Waals surface area contributed by atoms with Crippen LogP contribution in [0, 0.1) is 6.92 Å². The Labute approximate surface area is 116 Å². The number of allylic oxidation sites excluding steroid dienone is 1. The number of nitrogens with one attached hydrogen (secondary N) is 1. The summed E-state index contributed by atoms with van der Waals surface area (Å²) in [5.74, 6) is 0. The minimum atomic E-state index is 0.359. The van der Waals surface area contributed by atoms with Crippen molar-refractivity contribution in [2.75, 3.05) is 6.54 Å².